The Hall–Kier alpha value is -3.18. The highest BCUT2D eigenvalue weighted by atomic mass is 32.2. The number of pyridine rings is 1. The number of aromatic nitrogens is 3. The van der Waals surface area contributed by atoms with E-state index in [0.717, 1.165) is 11.5 Å². The smallest absolute Gasteiger partial charge is 0.280 e. The molecule has 1 fully saturated rings. The minimum atomic E-state index is -3.32. The summed E-state index contributed by atoms with van der Waals surface area (Å²) in [4.78, 5) is 26.7. The van der Waals surface area contributed by atoms with Gasteiger partial charge in [-0.25, -0.2) is 13.4 Å². The molecule has 11 heteroatoms. The molecule has 0 unspecified atom stereocenters. The molecule has 1 saturated carbocycles. The van der Waals surface area contributed by atoms with E-state index in [1.807, 2.05) is 6.07 Å². The van der Waals surface area contributed by atoms with Crippen LogP contribution in [0.3, 0.4) is 0 Å². The van der Waals surface area contributed by atoms with Crippen molar-refractivity contribution in [2.45, 2.75) is 36.5 Å². The fourth-order valence-electron chi connectivity index (χ4n) is 2.75. The van der Waals surface area contributed by atoms with Crippen LogP contribution in [0.2, 0.25) is 0 Å². The van der Waals surface area contributed by atoms with E-state index in [9.17, 15) is 13.2 Å². The van der Waals surface area contributed by atoms with Crippen LogP contribution in [0.5, 0.6) is 0 Å². The maximum absolute atomic E-state index is 12.8. The summed E-state index contributed by atoms with van der Waals surface area (Å²) in [7, 11) is -3.32. The van der Waals surface area contributed by atoms with Gasteiger partial charge in [0.2, 0.25) is 5.13 Å². The lowest BCUT2D eigenvalue weighted by Gasteiger charge is -2.08. The number of carbonyl (C=O) groups is 1. The molecule has 1 aliphatic carbocycles. The standard InChI is InChI=1S/C20H19N5O4S2/c1-13-22-20(30-25-13)23-19(26)18(24-29-12-15-4-2-3-11-21-15)14-5-7-16(8-6-14)31(27,28)17-9-10-17/h2-8,11,17H,9-10,12H2,1H3,(H,22,23,25,26). The Balaban J connectivity index is 1.57. The van der Waals surface area contributed by atoms with E-state index in [1.54, 1.807) is 37.4 Å². The van der Waals surface area contributed by atoms with Crippen molar-refractivity contribution in [1.29, 1.82) is 0 Å². The second-order valence-electron chi connectivity index (χ2n) is 6.90. The van der Waals surface area contributed by atoms with E-state index < -0.39 is 15.7 Å². The Morgan fingerprint density at radius 3 is 2.61 bits per heavy atom. The molecule has 1 aromatic carbocycles. The molecular weight excluding hydrogens is 438 g/mol. The number of sulfone groups is 1. The average molecular weight is 458 g/mol. The van der Waals surface area contributed by atoms with E-state index >= 15 is 0 Å². The predicted octanol–water partition coefficient (Wildman–Crippen LogP) is 2.74. The van der Waals surface area contributed by atoms with Gasteiger partial charge in [-0.3, -0.25) is 15.1 Å². The second kappa shape index (κ2) is 8.90. The SMILES string of the molecule is Cc1nsc(NC(=O)C(=NOCc2ccccn2)c2ccc(S(=O)(=O)C3CC3)cc2)n1. The number of oxime groups is 1. The largest absolute Gasteiger partial charge is 0.389 e. The number of nitrogens with one attached hydrogen (secondary N) is 1. The van der Waals surface area contributed by atoms with Crippen LogP contribution in [0, 0.1) is 6.92 Å². The number of aryl methyl sites for hydroxylation is 1. The molecule has 1 N–H and O–H groups in total. The first-order chi connectivity index (χ1) is 14.9. The molecule has 0 saturated heterocycles. The highest BCUT2D eigenvalue weighted by Gasteiger charge is 2.36. The number of carbonyl (C=O) groups excluding carboxylic acids is 1. The minimum Gasteiger partial charge on any atom is -0.389 e. The lowest BCUT2D eigenvalue weighted by Crippen LogP contribution is -2.24. The van der Waals surface area contributed by atoms with Gasteiger partial charge < -0.3 is 4.84 Å². The van der Waals surface area contributed by atoms with E-state index in [1.165, 1.54) is 12.1 Å². The van der Waals surface area contributed by atoms with Crippen molar-refractivity contribution in [3.8, 4) is 0 Å². The van der Waals surface area contributed by atoms with E-state index in [2.05, 4.69) is 24.8 Å². The third-order valence-corrected chi connectivity index (χ3v) is 7.48. The highest BCUT2D eigenvalue weighted by molar-refractivity contribution is 7.92. The summed E-state index contributed by atoms with van der Waals surface area (Å²) in [5.41, 5.74) is 1.05. The highest BCUT2D eigenvalue weighted by Crippen LogP contribution is 2.33. The summed E-state index contributed by atoms with van der Waals surface area (Å²) in [5, 5.41) is 6.67. The van der Waals surface area contributed by atoms with E-state index in [-0.39, 0.29) is 22.5 Å². The van der Waals surface area contributed by atoms with Crippen molar-refractivity contribution in [2.75, 3.05) is 5.32 Å². The number of amides is 1. The molecule has 0 atom stereocenters. The zero-order valence-corrected chi connectivity index (χ0v) is 18.2. The number of anilines is 1. The van der Waals surface area contributed by atoms with Gasteiger partial charge >= 0.3 is 0 Å². The van der Waals surface area contributed by atoms with Gasteiger partial charge in [0.1, 0.15) is 5.82 Å². The Morgan fingerprint density at radius 1 is 1.23 bits per heavy atom. The van der Waals surface area contributed by atoms with Crippen LogP contribution in [-0.2, 0) is 26.1 Å². The molecule has 160 valence electrons. The Kier molecular flexibility index (Phi) is 6.05. The van der Waals surface area contributed by atoms with Gasteiger partial charge in [-0.2, -0.15) is 4.37 Å². The van der Waals surface area contributed by atoms with Gasteiger partial charge in [0.05, 0.1) is 15.8 Å². The zero-order valence-electron chi connectivity index (χ0n) is 16.6. The second-order valence-corrected chi connectivity index (χ2v) is 9.88. The first-order valence-corrected chi connectivity index (χ1v) is 11.8. The summed E-state index contributed by atoms with van der Waals surface area (Å²) < 4.78 is 28.9. The van der Waals surface area contributed by atoms with Crippen LogP contribution in [-0.4, -0.2) is 39.6 Å². The lowest BCUT2D eigenvalue weighted by atomic mass is 10.1. The van der Waals surface area contributed by atoms with Crippen molar-refractivity contribution in [1.82, 2.24) is 14.3 Å². The van der Waals surface area contributed by atoms with Crippen molar-refractivity contribution in [3.63, 3.8) is 0 Å². The summed E-state index contributed by atoms with van der Waals surface area (Å²) in [6, 6.07) is 11.4. The average Bonchev–Trinajstić information content (AvgIpc) is 3.56. The zero-order chi connectivity index (χ0) is 21.8. The monoisotopic (exact) mass is 457 g/mol. The molecule has 1 amide bonds. The molecule has 0 spiro atoms. The summed E-state index contributed by atoms with van der Waals surface area (Å²) in [6.45, 7) is 1.79. The minimum absolute atomic E-state index is 0.0147. The third kappa shape index (κ3) is 5.12. The summed E-state index contributed by atoms with van der Waals surface area (Å²) >= 11 is 1.05. The first kappa shape index (κ1) is 21.1. The normalized spacial score (nSPS) is 14.3. The van der Waals surface area contributed by atoms with Gasteiger partial charge in [-0.15, -0.1) is 0 Å². The molecule has 1 aliphatic rings. The van der Waals surface area contributed by atoms with Crippen LogP contribution in [0.1, 0.15) is 29.9 Å². The number of hydrogen-bond acceptors (Lipinski definition) is 9. The predicted molar refractivity (Wildman–Crippen MR) is 115 cm³/mol. The van der Waals surface area contributed by atoms with E-state index in [0.29, 0.717) is 35.1 Å². The van der Waals surface area contributed by atoms with Crippen molar-refractivity contribution in [3.05, 3.63) is 65.7 Å². The van der Waals surface area contributed by atoms with Gasteiger partial charge in [-0.1, -0.05) is 23.4 Å². The molecule has 9 nitrogen and oxygen atoms in total. The number of nitrogens with zero attached hydrogens (tertiary/aromatic N) is 4. The summed E-state index contributed by atoms with van der Waals surface area (Å²) in [5.74, 6) is -0.00482. The van der Waals surface area contributed by atoms with Gasteiger partial charge in [0.25, 0.3) is 5.91 Å². The first-order valence-electron chi connectivity index (χ1n) is 9.49. The van der Waals surface area contributed by atoms with Gasteiger partial charge in [0, 0.05) is 23.3 Å². The van der Waals surface area contributed by atoms with Gasteiger partial charge in [-0.05, 0) is 44.0 Å². The maximum atomic E-state index is 12.8. The van der Waals surface area contributed by atoms with Crippen LogP contribution in [0.15, 0.2) is 58.7 Å². The maximum Gasteiger partial charge on any atom is 0.280 e. The summed E-state index contributed by atoms with van der Waals surface area (Å²) in [6.07, 6.45) is 3.00. The van der Waals surface area contributed by atoms with Gasteiger partial charge in [0.15, 0.2) is 22.2 Å². The van der Waals surface area contributed by atoms with Crippen LogP contribution >= 0.6 is 11.5 Å². The van der Waals surface area contributed by atoms with Crippen molar-refractivity contribution < 1.29 is 18.0 Å². The lowest BCUT2D eigenvalue weighted by molar-refractivity contribution is -0.110. The van der Waals surface area contributed by atoms with Crippen molar-refractivity contribution in [2.24, 2.45) is 5.16 Å². The molecule has 2 aromatic heterocycles. The quantitative estimate of drug-likeness (QED) is 0.407. The Labute approximate surface area is 183 Å². The van der Waals surface area contributed by atoms with Crippen LogP contribution < -0.4 is 5.32 Å². The Bertz CT molecular complexity index is 1200. The van der Waals surface area contributed by atoms with Crippen molar-refractivity contribution >= 4 is 38.1 Å². The molecule has 0 bridgehead atoms. The fraction of sp³-hybridized carbons (Fsp3) is 0.250. The van der Waals surface area contributed by atoms with E-state index in [4.69, 9.17) is 4.84 Å². The molecule has 0 aliphatic heterocycles. The molecule has 31 heavy (non-hydrogen) atoms. The fourth-order valence-corrected chi connectivity index (χ4v) is 4.98. The topological polar surface area (TPSA) is 123 Å². The number of benzene rings is 1. The van der Waals surface area contributed by atoms with Crippen LogP contribution in [0.25, 0.3) is 0 Å². The molecule has 2 heterocycles. The number of rotatable bonds is 8. The molecular formula is C20H19N5O4S2. The van der Waals surface area contributed by atoms with Crippen LogP contribution in [0.4, 0.5) is 5.13 Å². The third-order valence-electron chi connectivity index (χ3n) is 4.48. The molecule has 0 radical (unpaired) electrons. The Morgan fingerprint density at radius 2 is 2.00 bits per heavy atom. The number of hydrogen-bond donors (Lipinski definition) is 1. The molecule has 4 rings (SSSR count). The molecule has 3 aromatic rings.